The molecule has 1 amide bonds. The standard InChI is InChI=1S/C24H25ClN4OS/c1-4-5-8-20(17-7-6-12-27-15-17)28-23(19-14-18(25)10-9-16(19)2)29-21-11-13-31-22(21)24(30)26-3/h6-15H,4-5H2,1-3H3,(H,26,30)(H,28,29)/b20-8+. The van der Waals surface area contributed by atoms with Crippen LogP contribution in [-0.2, 0) is 0 Å². The van der Waals surface area contributed by atoms with E-state index in [1.165, 1.54) is 11.3 Å². The molecule has 0 spiro atoms. The first-order chi connectivity index (χ1) is 15.0. The third-order valence-electron chi connectivity index (χ3n) is 4.62. The lowest BCUT2D eigenvalue weighted by Crippen LogP contribution is -2.21. The van der Waals surface area contributed by atoms with Gasteiger partial charge in [0.05, 0.1) is 11.4 Å². The highest BCUT2D eigenvalue weighted by molar-refractivity contribution is 7.12. The second-order valence-electron chi connectivity index (χ2n) is 6.91. The van der Waals surface area contributed by atoms with Crippen molar-refractivity contribution in [2.24, 2.45) is 4.99 Å². The molecule has 7 heteroatoms. The molecular formula is C24H25ClN4OS. The van der Waals surface area contributed by atoms with E-state index in [2.05, 4.69) is 28.6 Å². The van der Waals surface area contributed by atoms with E-state index in [-0.39, 0.29) is 5.91 Å². The summed E-state index contributed by atoms with van der Waals surface area (Å²) in [5, 5.41) is 8.57. The van der Waals surface area contributed by atoms with Gasteiger partial charge in [0.1, 0.15) is 10.7 Å². The van der Waals surface area contributed by atoms with Crippen LogP contribution in [-0.4, -0.2) is 23.8 Å². The van der Waals surface area contributed by atoms with Crippen molar-refractivity contribution in [3.05, 3.63) is 86.8 Å². The molecule has 2 aromatic heterocycles. The summed E-state index contributed by atoms with van der Waals surface area (Å²) in [6.07, 6.45) is 7.53. The molecule has 0 aliphatic heterocycles. The largest absolute Gasteiger partial charge is 0.354 e. The van der Waals surface area contributed by atoms with Gasteiger partial charge in [0, 0.05) is 35.6 Å². The van der Waals surface area contributed by atoms with E-state index in [1.807, 2.05) is 48.7 Å². The number of aliphatic imine (C=N–C) groups is 1. The SMILES string of the molecule is CCC/C=C(/N=C(Nc1ccsc1C(=O)NC)c1cc(Cl)ccc1C)c1cccnc1. The van der Waals surface area contributed by atoms with Crippen LogP contribution in [0.25, 0.3) is 5.70 Å². The summed E-state index contributed by atoms with van der Waals surface area (Å²) < 4.78 is 0. The first-order valence-electron chi connectivity index (χ1n) is 10.1. The molecule has 3 aromatic rings. The number of amides is 1. The molecule has 0 radical (unpaired) electrons. The highest BCUT2D eigenvalue weighted by Crippen LogP contribution is 2.26. The minimum Gasteiger partial charge on any atom is -0.354 e. The Morgan fingerprint density at radius 1 is 1.29 bits per heavy atom. The fourth-order valence-electron chi connectivity index (χ4n) is 2.97. The van der Waals surface area contributed by atoms with E-state index in [0.717, 1.165) is 35.2 Å². The van der Waals surface area contributed by atoms with E-state index in [4.69, 9.17) is 16.6 Å². The molecule has 0 saturated carbocycles. The van der Waals surface area contributed by atoms with Crippen LogP contribution in [0, 0.1) is 6.92 Å². The number of hydrogen-bond donors (Lipinski definition) is 2. The number of allylic oxidation sites excluding steroid dienone is 1. The molecule has 0 aliphatic carbocycles. The summed E-state index contributed by atoms with van der Waals surface area (Å²) in [6.45, 7) is 4.14. The van der Waals surface area contributed by atoms with Crippen LogP contribution in [0.5, 0.6) is 0 Å². The fourth-order valence-corrected chi connectivity index (χ4v) is 3.94. The van der Waals surface area contributed by atoms with Gasteiger partial charge in [-0.25, -0.2) is 4.99 Å². The van der Waals surface area contributed by atoms with Gasteiger partial charge < -0.3 is 10.6 Å². The molecule has 3 rings (SSSR count). The summed E-state index contributed by atoms with van der Waals surface area (Å²) in [7, 11) is 1.62. The van der Waals surface area contributed by atoms with Gasteiger partial charge in [-0.2, -0.15) is 0 Å². The molecule has 31 heavy (non-hydrogen) atoms. The first kappa shape index (κ1) is 22.7. The van der Waals surface area contributed by atoms with Crippen molar-refractivity contribution >= 4 is 46.1 Å². The number of aromatic nitrogens is 1. The Kier molecular flexibility index (Phi) is 7.98. The second kappa shape index (κ2) is 10.9. The van der Waals surface area contributed by atoms with Crippen molar-refractivity contribution in [2.75, 3.05) is 12.4 Å². The van der Waals surface area contributed by atoms with Gasteiger partial charge in [0.25, 0.3) is 5.91 Å². The molecule has 0 bridgehead atoms. The average Bonchev–Trinajstić information content (AvgIpc) is 3.25. The summed E-state index contributed by atoms with van der Waals surface area (Å²) >= 11 is 7.69. The van der Waals surface area contributed by atoms with E-state index < -0.39 is 0 Å². The van der Waals surface area contributed by atoms with Crippen molar-refractivity contribution in [1.82, 2.24) is 10.3 Å². The number of thiophene rings is 1. The normalized spacial score (nSPS) is 12.0. The topological polar surface area (TPSA) is 66.4 Å². The number of nitrogens with one attached hydrogen (secondary N) is 2. The molecule has 2 N–H and O–H groups in total. The van der Waals surface area contributed by atoms with Crippen LogP contribution >= 0.6 is 22.9 Å². The maximum Gasteiger partial charge on any atom is 0.263 e. The number of unbranched alkanes of at least 4 members (excludes halogenated alkanes) is 1. The Hall–Kier alpha value is -2.96. The van der Waals surface area contributed by atoms with Crippen LogP contribution < -0.4 is 10.6 Å². The van der Waals surface area contributed by atoms with Gasteiger partial charge in [-0.05, 0) is 54.6 Å². The number of amidine groups is 1. The zero-order chi connectivity index (χ0) is 22.2. The maximum absolute atomic E-state index is 12.3. The zero-order valence-corrected chi connectivity index (χ0v) is 19.3. The average molecular weight is 453 g/mol. The third-order valence-corrected chi connectivity index (χ3v) is 5.77. The summed E-state index contributed by atoms with van der Waals surface area (Å²) in [6, 6.07) is 11.5. The number of carbonyl (C=O) groups excluding carboxylic acids is 1. The monoisotopic (exact) mass is 452 g/mol. The van der Waals surface area contributed by atoms with E-state index in [0.29, 0.717) is 21.4 Å². The van der Waals surface area contributed by atoms with Gasteiger partial charge in [-0.15, -0.1) is 11.3 Å². The highest BCUT2D eigenvalue weighted by atomic mass is 35.5. The summed E-state index contributed by atoms with van der Waals surface area (Å²) in [5.74, 6) is 0.475. The Morgan fingerprint density at radius 2 is 2.13 bits per heavy atom. The number of benzene rings is 1. The second-order valence-corrected chi connectivity index (χ2v) is 8.26. The number of pyridine rings is 1. The van der Waals surface area contributed by atoms with Crippen molar-refractivity contribution in [3.63, 3.8) is 0 Å². The maximum atomic E-state index is 12.3. The van der Waals surface area contributed by atoms with Gasteiger partial charge in [0.15, 0.2) is 0 Å². The molecular weight excluding hydrogens is 428 g/mol. The van der Waals surface area contributed by atoms with Gasteiger partial charge in [-0.3, -0.25) is 9.78 Å². The minimum absolute atomic E-state index is 0.145. The predicted octanol–water partition coefficient (Wildman–Crippen LogP) is 6.16. The van der Waals surface area contributed by atoms with Crippen LogP contribution in [0.1, 0.15) is 46.1 Å². The lowest BCUT2D eigenvalue weighted by molar-refractivity contribution is 0.0968. The number of nitrogens with zero attached hydrogens (tertiary/aromatic N) is 2. The smallest absolute Gasteiger partial charge is 0.263 e. The third kappa shape index (κ3) is 5.81. The van der Waals surface area contributed by atoms with Gasteiger partial charge >= 0.3 is 0 Å². The zero-order valence-electron chi connectivity index (χ0n) is 17.8. The van der Waals surface area contributed by atoms with Crippen molar-refractivity contribution < 1.29 is 4.79 Å². The lowest BCUT2D eigenvalue weighted by atomic mass is 10.1. The number of hydrogen-bond acceptors (Lipinski definition) is 4. The van der Waals surface area contributed by atoms with Gasteiger partial charge in [-0.1, -0.05) is 37.1 Å². The number of carbonyl (C=O) groups is 1. The van der Waals surface area contributed by atoms with Crippen molar-refractivity contribution in [2.45, 2.75) is 26.7 Å². The molecule has 0 fully saturated rings. The molecule has 160 valence electrons. The summed E-state index contributed by atoms with van der Waals surface area (Å²) in [5.41, 5.74) is 4.32. The van der Waals surface area contributed by atoms with E-state index >= 15 is 0 Å². The molecule has 2 heterocycles. The van der Waals surface area contributed by atoms with Crippen molar-refractivity contribution in [1.29, 1.82) is 0 Å². The Balaban J connectivity index is 2.14. The molecule has 0 atom stereocenters. The molecule has 1 aromatic carbocycles. The van der Waals surface area contributed by atoms with Crippen LogP contribution in [0.15, 0.2) is 65.2 Å². The first-order valence-corrected chi connectivity index (χ1v) is 11.3. The highest BCUT2D eigenvalue weighted by Gasteiger charge is 2.16. The number of aryl methyl sites for hydroxylation is 1. The number of anilines is 1. The Labute approximate surface area is 191 Å². The molecule has 0 aliphatic rings. The predicted molar refractivity (Wildman–Crippen MR) is 131 cm³/mol. The van der Waals surface area contributed by atoms with Crippen LogP contribution in [0.3, 0.4) is 0 Å². The van der Waals surface area contributed by atoms with Crippen LogP contribution in [0.4, 0.5) is 5.69 Å². The Bertz CT molecular complexity index is 1110. The summed E-state index contributed by atoms with van der Waals surface area (Å²) in [4.78, 5) is 22.1. The molecule has 0 unspecified atom stereocenters. The van der Waals surface area contributed by atoms with Crippen molar-refractivity contribution in [3.8, 4) is 0 Å². The fraction of sp³-hybridized carbons (Fsp3) is 0.208. The number of rotatable bonds is 7. The van der Waals surface area contributed by atoms with E-state index in [9.17, 15) is 4.79 Å². The number of halogens is 1. The van der Waals surface area contributed by atoms with Crippen LogP contribution in [0.2, 0.25) is 5.02 Å². The molecule has 5 nitrogen and oxygen atoms in total. The quantitative estimate of drug-likeness (QED) is 0.333. The van der Waals surface area contributed by atoms with Gasteiger partial charge in [0.2, 0.25) is 0 Å². The lowest BCUT2D eigenvalue weighted by Gasteiger charge is -2.15. The van der Waals surface area contributed by atoms with E-state index in [1.54, 1.807) is 19.4 Å². The molecule has 0 saturated heterocycles. The minimum atomic E-state index is -0.145. The Morgan fingerprint density at radius 3 is 2.84 bits per heavy atom.